The Kier molecular flexibility index (Phi) is 11.2. The average molecular weight is 668 g/mol. The van der Waals surface area contributed by atoms with Gasteiger partial charge in [0.05, 0.1) is 0 Å². The molecule has 0 atom stereocenters. The molecule has 2 N–H and O–H groups in total. The maximum absolute atomic E-state index is 11.1. The lowest BCUT2D eigenvalue weighted by atomic mass is 10.0. The van der Waals surface area contributed by atoms with E-state index in [0.717, 1.165) is 39.3 Å². The summed E-state index contributed by atoms with van der Waals surface area (Å²) in [5.74, 6) is -2.50. The second kappa shape index (κ2) is 16.3. The van der Waals surface area contributed by atoms with E-state index in [0.29, 0.717) is 11.1 Å². The third kappa shape index (κ3) is 9.03. The summed E-state index contributed by atoms with van der Waals surface area (Å²) in [6.45, 7) is 4.23. The Morgan fingerprint density at radius 2 is 0.863 bits per heavy atom. The summed E-state index contributed by atoms with van der Waals surface area (Å²) in [6, 6.07) is 40.9. The number of carbonyl (C=O) groups is 2. The number of hydrogen-bond acceptors (Lipinski definition) is 5. The monoisotopic (exact) mass is 667 g/mol. The minimum atomic E-state index is -1.25. The summed E-state index contributed by atoms with van der Waals surface area (Å²) in [7, 11) is 0. The van der Waals surface area contributed by atoms with Crippen LogP contribution in [0.1, 0.15) is 44.5 Å². The molecule has 0 bridgehead atoms. The first-order valence-corrected chi connectivity index (χ1v) is 16.0. The lowest BCUT2D eigenvalue weighted by Gasteiger charge is -2.28. The van der Waals surface area contributed by atoms with E-state index in [2.05, 4.69) is 85.5 Å². The predicted molar refractivity (Wildman–Crippen MR) is 204 cm³/mol. The highest BCUT2D eigenvalue weighted by Crippen LogP contribution is 2.37. The Hall–Kier alpha value is -7.22. The van der Waals surface area contributed by atoms with E-state index in [1.807, 2.05) is 48.6 Å². The van der Waals surface area contributed by atoms with Crippen LogP contribution in [-0.4, -0.2) is 22.2 Å². The van der Waals surface area contributed by atoms with E-state index in [1.165, 1.54) is 23.3 Å². The molecule has 0 aliphatic rings. The highest BCUT2D eigenvalue weighted by atomic mass is 16.4. The maximum Gasteiger partial charge on any atom is 0.346 e. The first-order chi connectivity index (χ1) is 24.6. The third-order valence-electron chi connectivity index (χ3n) is 8.25. The standard InChI is InChI=1S/C44H33N3O4/c1-30-4-3-5-42(31(30)2)47(40-22-18-34(19-23-40)8-6-32-10-14-36(15-11-32)26-38(28-45)43(48)49)41-24-20-35(21-25-41)9-7-33-12-16-37(17-13-33)27-39(29-46)44(50)51/h3-27H,1-2H3,(H,48,49)(H,50,51)/b8-6+,9-7+,38-26+,39-27+. The molecule has 0 aliphatic heterocycles. The van der Waals surface area contributed by atoms with E-state index in [4.69, 9.17) is 20.7 Å². The van der Waals surface area contributed by atoms with Gasteiger partial charge in [0, 0.05) is 17.1 Å². The second-order valence-corrected chi connectivity index (χ2v) is 11.7. The first-order valence-electron chi connectivity index (χ1n) is 16.0. The lowest BCUT2D eigenvalue weighted by molar-refractivity contribution is -0.133. The van der Waals surface area contributed by atoms with Crippen molar-refractivity contribution >= 4 is 65.5 Å². The number of aliphatic carboxylic acids is 2. The number of aryl methyl sites for hydroxylation is 1. The molecular weight excluding hydrogens is 635 g/mol. The fraction of sp³-hybridized carbons (Fsp3) is 0.0455. The van der Waals surface area contributed by atoms with Crippen molar-refractivity contribution in [2.75, 3.05) is 4.90 Å². The Balaban J connectivity index is 1.35. The lowest BCUT2D eigenvalue weighted by Crippen LogP contribution is -2.11. The van der Waals surface area contributed by atoms with Gasteiger partial charge in [-0.05, 0) is 101 Å². The molecule has 51 heavy (non-hydrogen) atoms. The number of rotatable bonds is 11. The molecule has 0 amide bonds. The summed E-state index contributed by atoms with van der Waals surface area (Å²) in [5.41, 5.74) is 10.0. The van der Waals surface area contributed by atoms with Gasteiger partial charge in [-0.3, -0.25) is 0 Å². The van der Waals surface area contributed by atoms with E-state index in [9.17, 15) is 9.59 Å². The largest absolute Gasteiger partial charge is 0.477 e. The van der Waals surface area contributed by atoms with Crippen LogP contribution in [0, 0.1) is 36.5 Å². The number of nitrogens with zero attached hydrogens (tertiary/aromatic N) is 3. The molecule has 0 aliphatic carbocycles. The van der Waals surface area contributed by atoms with Crippen LogP contribution in [0.4, 0.5) is 17.1 Å². The number of carboxylic acid groups (broad SMARTS) is 2. The molecule has 7 heteroatoms. The maximum atomic E-state index is 11.1. The molecular formula is C44H33N3O4. The van der Waals surface area contributed by atoms with Crippen LogP contribution < -0.4 is 4.90 Å². The van der Waals surface area contributed by atoms with Crippen LogP contribution in [0.3, 0.4) is 0 Å². The van der Waals surface area contributed by atoms with Crippen LogP contribution in [0.25, 0.3) is 36.5 Å². The van der Waals surface area contributed by atoms with Gasteiger partial charge in [-0.2, -0.15) is 10.5 Å². The van der Waals surface area contributed by atoms with Gasteiger partial charge in [0.15, 0.2) is 0 Å². The molecule has 5 aromatic rings. The molecule has 0 aromatic heterocycles. The van der Waals surface area contributed by atoms with Crippen LogP contribution in [-0.2, 0) is 9.59 Å². The summed E-state index contributed by atoms with van der Waals surface area (Å²) < 4.78 is 0. The fourth-order valence-corrected chi connectivity index (χ4v) is 5.28. The molecule has 5 aromatic carbocycles. The summed E-state index contributed by atoms with van der Waals surface area (Å²) in [4.78, 5) is 24.5. The van der Waals surface area contributed by atoms with Gasteiger partial charge in [0.25, 0.3) is 0 Å². The van der Waals surface area contributed by atoms with E-state index in [-0.39, 0.29) is 11.1 Å². The van der Waals surface area contributed by atoms with Crippen molar-refractivity contribution in [1.29, 1.82) is 10.5 Å². The van der Waals surface area contributed by atoms with Gasteiger partial charge in [-0.25, -0.2) is 9.59 Å². The zero-order valence-corrected chi connectivity index (χ0v) is 28.0. The third-order valence-corrected chi connectivity index (χ3v) is 8.25. The van der Waals surface area contributed by atoms with Crippen LogP contribution in [0.2, 0.25) is 0 Å². The minimum Gasteiger partial charge on any atom is -0.477 e. The average Bonchev–Trinajstić information content (AvgIpc) is 3.14. The van der Waals surface area contributed by atoms with Crippen LogP contribution >= 0.6 is 0 Å². The van der Waals surface area contributed by atoms with E-state index in [1.54, 1.807) is 36.4 Å². The summed E-state index contributed by atoms with van der Waals surface area (Å²) in [6.07, 6.45) is 10.7. The molecule has 0 fully saturated rings. The van der Waals surface area contributed by atoms with Crippen molar-refractivity contribution in [3.8, 4) is 12.1 Å². The first kappa shape index (κ1) is 35.1. The minimum absolute atomic E-state index is 0.313. The highest BCUT2D eigenvalue weighted by molar-refractivity contribution is 5.97. The molecule has 0 unspecified atom stereocenters. The van der Waals surface area contributed by atoms with Gasteiger partial charge in [0.2, 0.25) is 0 Å². The quantitative estimate of drug-likeness (QED) is 0.0816. The number of nitriles is 2. The molecule has 0 heterocycles. The van der Waals surface area contributed by atoms with Crippen molar-refractivity contribution in [3.05, 3.63) is 171 Å². The fourth-order valence-electron chi connectivity index (χ4n) is 5.28. The number of carboxylic acids is 2. The van der Waals surface area contributed by atoms with Crippen molar-refractivity contribution in [1.82, 2.24) is 0 Å². The van der Waals surface area contributed by atoms with Crippen molar-refractivity contribution in [2.45, 2.75) is 13.8 Å². The zero-order valence-electron chi connectivity index (χ0n) is 28.0. The highest BCUT2D eigenvalue weighted by Gasteiger charge is 2.15. The topological polar surface area (TPSA) is 125 Å². The van der Waals surface area contributed by atoms with Crippen molar-refractivity contribution in [2.24, 2.45) is 0 Å². The summed E-state index contributed by atoms with van der Waals surface area (Å²) >= 11 is 0. The van der Waals surface area contributed by atoms with Gasteiger partial charge in [-0.1, -0.05) is 109 Å². The molecule has 248 valence electrons. The van der Waals surface area contributed by atoms with Crippen molar-refractivity contribution in [3.63, 3.8) is 0 Å². The van der Waals surface area contributed by atoms with Gasteiger partial charge in [0.1, 0.15) is 23.3 Å². The SMILES string of the molecule is Cc1cccc(N(c2ccc(/C=C/c3ccc(/C=C(\C#N)C(=O)O)cc3)cc2)c2ccc(/C=C/c3ccc(/C=C(\C#N)C(=O)O)cc3)cc2)c1C. The molecule has 0 spiro atoms. The Morgan fingerprint density at radius 3 is 1.20 bits per heavy atom. The zero-order chi connectivity index (χ0) is 36.3. The number of benzene rings is 5. The van der Waals surface area contributed by atoms with Crippen LogP contribution in [0.15, 0.2) is 126 Å². The Bertz CT molecular complexity index is 2130. The second-order valence-electron chi connectivity index (χ2n) is 11.7. The van der Waals surface area contributed by atoms with Crippen LogP contribution in [0.5, 0.6) is 0 Å². The molecule has 0 saturated carbocycles. The molecule has 7 nitrogen and oxygen atoms in total. The van der Waals surface area contributed by atoms with E-state index < -0.39 is 11.9 Å². The van der Waals surface area contributed by atoms with Gasteiger partial charge in [-0.15, -0.1) is 0 Å². The Labute approximate surface area is 296 Å². The number of anilines is 3. The summed E-state index contributed by atoms with van der Waals surface area (Å²) in [5, 5.41) is 36.2. The van der Waals surface area contributed by atoms with Crippen molar-refractivity contribution < 1.29 is 19.8 Å². The molecule has 0 saturated heterocycles. The van der Waals surface area contributed by atoms with Gasteiger partial charge < -0.3 is 15.1 Å². The normalized spacial score (nSPS) is 11.7. The molecule has 0 radical (unpaired) electrons. The Morgan fingerprint density at radius 1 is 0.529 bits per heavy atom. The van der Waals surface area contributed by atoms with Gasteiger partial charge >= 0.3 is 11.9 Å². The van der Waals surface area contributed by atoms with E-state index >= 15 is 0 Å². The number of hydrogen-bond donors (Lipinski definition) is 2. The molecule has 5 rings (SSSR count). The smallest absolute Gasteiger partial charge is 0.346 e. The predicted octanol–water partition coefficient (Wildman–Crippen LogP) is 10.1.